The molecule has 3 nitrogen and oxygen atoms in total. The Morgan fingerprint density at radius 2 is 1.89 bits per heavy atom. The molecule has 5 heteroatoms. The zero-order valence-electron chi connectivity index (χ0n) is 10.6. The van der Waals surface area contributed by atoms with Crippen molar-refractivity contribution < 1.29 is 18.3 Å². The number of amides is 1. The first-order valence-corrected chi connectivity index (χ1v) is 6.39. The Balaban J connectivity index is 1.87. The number of benzene rings is 1. The monoisotopic (exact) mass is 269 g/mol. The van der Waals surface area contributed by atoms with Gasteiger partial charge in [-0.1, -0.05) is 43.2 Å². The molecule has 1 fully saturated rings. The van der Waals surface area contributed by atoms with Gasteiger partial charge >= 0.3 is 6.09 Å². The Labute approximate surface area is 111 Å². The Morgan fingerprint density at radius 1 is 1.26 bits per heavy atom. The van der Waals surface area contributed by atoms with E-state index in [1.54, 1.807) is 0 Å². The molecule has 104 valence electrons. The summed E-state index contributed by atoms with van der Waals surface area (Å²) in [5, 5.41) is 2.35. The number of halogens is 2. The van der Waals surface area contributed by atoms with Crippen LogP contribution in [0.3, 0.4) is 0 Å². The van der Waals surface area contributed by atoms with Crippen LogP contribution in [0, 0.1) is 0 Å². The fourth-order valence-electron chi connectivity index (χ4n) is 2.37. The van der Waals surface area contributed by atoms with Crippen molar-refractivity contribution in [3.05, 3.63) is 35.9 Å². The van der Waals surface area contributed by atoms with Crippen molar-refractivity contribution in [2.75, 3.05) is 0 Å². The molecule has 1 aliphatic carbocycles. The minimum atomic E-state index is -2.56. The van der Waals surface area contributed by atoms with Crippen LogP contribution >= 0.6 is 0 Å². The molecule has 0 heterocycles. The lowest BCUT2D eigenvalue weighted by Gasteiger charge is -2.28. The molecule has 1 aromatic carbocycles. The van der Waals surface area contributed by atoms with Gasteiger partial charge in [0.25, 0.3) is 6.43 Å². The molecule has 0 aromatic heterocycles. The number of nitrogens with one attached hydrogen (secondary N) is 1. The highest BCUT2D eigenvalue weighted by Gasteiger charge is 2.44. The third kappa shape index (κ3) is 3.43. The number of alkyl halides is 2. The normalized spacial score (nSPS) is 17.4. The van der Waals surface area contributed by atoms with E-state index in [-0.39, 0.29) is 6.61 Å². The molecule has 0 bridgehead atoms. The van der Waals surface area contributed by atoms with Gasteiger partial charge in [0, 0.05) is 0 Å². The minimum Gasteiger partial charge on any atom is -0.445 e. The average molecular weight is 269 g/mol. The fraction of sp³-hybridized carbons (Fsp3) is 0.500. The third-order valence-electron chi connectivity index (χ3n) is 3.48. The van der Waals surface area contributed by atoms with Crippen molar-refractivity contribution in [3.8, 4) is 0 Å². The lowest BCUT2D eigenvalue weighted by atomic mass is 9.99. The number of carbonyl (C=O) groups is 1. The van der Waals surface area contributed by atoms with Crippen LogP contribution in [-0.4, -0.2) is 18.1 Å². The van der Waals surface area contributed by atoms with E-state index in [1.165, 1.54) is 0 Å². The Bertz CT molecular complexity index is 417. The highest BCUT2D eigenvalue weighted by atomic mass is 19.3. The highest BCUT2D eigenvalue weighted by Crippen LogP contribution is 2.34. The van der Waals surface area contributed by atoms with Crippen molar-refractivity contribution in [1.82, 2.24) is 5.32 Å². The molecule has 0 atom stereocenters. The molecule has 0 spiro atoms. The van der Waals surface area contributed by atoms with Gasteiger partial charge in [0.05, 0.1) is 0 Å². The second kappa shape index (κ2) is 5.99. The summed E-state index contributed by atoms with van der Waals surface area (Å²) in [6.07, 6.45) is -1.28. The molecule has 0 radical (unpaired) electrons. The van der Waals surface area contributed by atoms with Crippen LogP contribution in [-0.2, 0) is 11.3 Å². The van der Waals surface area contributed by atoms with Gasteiger partial charge in [-0.15, -0.1) is 0 Å². The minimum absolute atomic E-state index is 0.0893. The molecular formula is C14H17F2NO2. The van der Waals surface area contributed by atoms with Crippen molar-refractivity contribution in [3.63, 3.8) is 0 Å². The first-order valence-electron chi connectivity index (χ1n) is 6.39. The quantitative estimate of drug-likeness (QED) is 0.908. The van der Waals surface area contributed by atoms with Crippen molar-refractivity contribution in [2.45, 2.75) is 44.3 Å². The summed E-state index contributed by atoms with van der Waals surface area (Å²) in [7, 11) is 0. The molecule has 0 saturated heterocycles. The van der Waals surface area contributed by atoms with E-state index >= 15 is 0 Å². The summed E-state index contributed by atoms with van der Waals surface area (Å²) in [6, 6.07) is 9.13. The van der Waals surface area contributed by atoms with Gasteiger partial charge in [-0.25, -0.2) is 13.6 Å². The SMILES string of the molecule is O=C(NC1(C(F)F)CCCC1)OCc1ccccc1. The second-order valence-electron chi connectivity index (χ2n) is 4.85. The molecule has 1 aliphatic rings. The summed E-state index contributed by atoms with van der Waals surface area (Å²) in [5.41, 5.74) is -0.566. The molecule has 1 saturated carbocycles. The molecule has 0 aliphatic heterocycles. The van der Waals surface area contributed by atoms with Gasteiger partial charge in [-0.3, -0.25) is 0 Å². The molecule has 0 unspecified atom stereocenters. The zero-order chi connectivity index (χ0) is 13.7. The third-order valence-corrected chi connectivity index (χ3v) is 3.48. The summed E-state index contributed by atoms with van der Waals surface area (Å²) in [4.78, 5) is 11.6. The molecule has 1 amide bonds. The Hall–Kier alpha value is -1.65. The topological polar surface area (TPSA) is 38.3 Å². The lowest BCUT2D eigenvalue weighted by molar-refractivity contribution is 0.0282. The van der Waals surface area contributed by atoms with Crippen LogP contribution in [0.4, 0.5) is 13.6 Å². The first-order chi connectivity index (χ1) is 9.12. The second-order valence-corrected chi connectivity index (χ2v) is 4.85. The van der Waals surface area contributed by atoms with Gasteiger partial charge < -0.3 is 10.1 Å². The van der Waals surface area contributed by atoms with E-state index in [9.17, 15) is 13.6 Å². The van der Waals surface area contributed by atoms with Gasteiger partial charge in [-0.2, -0.15) is 0 Å². The van der Waals surface area contributed by atoms with Crippen molar-refractivity contribution in [2.24, 2.45) is 0 Å². The summed E-state index contributed by atoms with van der Waals surface area (Å²) < 4.78 is 31.1. The number of rotatable bonds is 4. The molecule has 19 heavy (non-hydrogen) atoms. The van der Waals surface area contributed by atoms with Crippen LogP contribution in [0.5, 0.6) is 0 Å². The van der Waals surface area contributed by atoms with Gasteiger partial charge in [0.15, 0.2) is 0 Å². The average Bonchev–Trinajstić information content (AvgIpc) is 2.87. The highest BCUT2D eigenvalue weighted by molar-refractivity contribution is 5.68. The number of ether oxygens (including phenoxy) is 1. The van der Waals surface area contributed by atoms with Crippen molar-refractivity contribution in [1.29, 1.82) is 0 Å². The maximum atomic E-state index is 13.0. The molecule has 1 N–H and O–H groups in total. The first kappa shape index (κ1) is 13.8. The molecular weight excluding hydrogens is 252 g/mol. The van der Waals surface area contributed by atoms with E-state index in [0.29, 0.717) is 25.7 Å². The number of hydrogen-bond donors (Lipinski definition) is 1. The predicted octanol–water partition coefficient (Wildman–Crippen LogP) is 3.49. The van der Waals surface area contributed by atoms with Crippen LogP contribution in [0.25, 0.3) is 0 Å². The number of carbonyl (C=O) groups excluding carboxylic acids is 1. The summed E-state index contributed by atoms with van der Waals surface area (Å²) >= 11 is 0. The van der Waals surface area contributed by atoms with E-state index in [4.69, 9.17) is 4.74 Å². The van der Waals surface area contributed by atoms with Crippen molar-refractivity contribution >= 4 is 6.09 Å². The van der Waals surface area contributed by atoms with Crippen LogP contribution < -0.4 is 5.32 Å². The predicted molar refractivity (Wildman–Crippen MR) is 67.0 cm³/mol. The Kier molecular flexibility index (Phi) is 4.35. The van der Waals surface area contributed by atoms with E-state index in [1.807, 2.05) is 30.3 Å². The van der Waals surface area contributed by atoms with Crippen LogP contribution in [0.15, 0.2) is 30.3 Å². The fourth-order valence-corrected chi connectivity index (χ4v) is 2.37. The Morgan fingerprint density at radius 3 is 2.47 bits per heavy atom. The lowest BCUT2D eigenvalue weighted by Crippen LogP contribution is -2.51. The van der Waals surface area contributed by atoms with Crippen LogP contribution in [0.2, 0.25) is 0 Å². The van der Waals surface area contributed by atoms with E-state index in [2.05, 4.69) is 5.32 Å². The largest absolute Gasteiger partial charge is 0.445 e. The van der Waals surface area contributed by atoms with Gasteiger partial charge in [0.1, 0.15) is 12.1 Å². The van der Waals surface area contributed by atoms with E-state index in [0.717, 1.165) is 5.56 Å². The zero-order valence-corrected chi connectivity index (χ0v) is 10.6. The molecule has 1 aromatic rings. The summed E-state index contributed by atoms with van der Waals surface area (Å²) in [5.74, 6) is 0. The number of hydrogen-bond acceptors (Lipinski definition) is 2. The maximum Gasteiger partial charge on any atom is 0.408 e. The molecule has 2 rings (SSSR count). The maximum absolute atomic E-state index is 13.0. The smallest absolute Gasteiger partial charge is 0.408 e. The van der Waals surface area contributed by atoms with Crippen LogP contribution in [0.1, 0.15) is 31.2 Å². The number of alkyl carbamates (subject to hydrolysis) is 1. The summed E-state index contributed by atoms with van der Waals surface area (Å²) in [6.45, 7) is 0.0893. The van der Waals surface area contributed by atoms with Gasteiger partial charge in [0.2, 0.25) is 0 Å². The standard InChI is InChI=1S/C14H17F2NO2/c15-12(16)14(8-4-5-9-14)17-13(18)19-10-11-6-2-1-3-7-11/h1-3,6-7,12H,4-5,8-10H2,(H,17,18). The van der Waals surface area contributed by atoms with Gasteiger partial charge in [-0.05, 0) is 18.4 Å². The van der Waals surface area contributed by atoms with E-state index < -0.39 is 18.1 Å².